The van der Waals surface area contributed by atoms with E-state index in [0.717, 1.165) is 44.9 Å². The molecule has 0 aliphatic rings. The highest BCUT2D eigenvalue weighted by molar-refractivity contribution is 5.87. The molecule has 4 amide bonds. The van der Waals surface area contributed by atoms with Gasteiger partial charge >= 0.3 is 23.9 Å². The van der Waals surface area contributed by atoms with Gasteiger partial charge in [0.2, 0.25) is 23.6 Å². The first kappa shape index (κ1) is 55.4. The van der Waals surface area contributed by atoms with Gasteiger partial charge in [-0.15, -0.1) is 0 Å². The predicted molar refractivity (Wildman–Crippen MR) is 223 cm³/mol. The molecule has 0 bridgehead atoms. The SMILES string of the molecule is CC(=O)C(N)CCCCNC(=O)CC[C@H](NC(=O)CCC(NC(=O)CC[C@H](NC(=O)CCCCCCCCCCCCCCCCCCC(=O)O)C(=O)O)C(=O)O)C(=O)O. The van der Waals surface area contributed by atoms with E-state index in [1.54, 1.807) is 0 Å². The molecule has 0 aliphatic heterocycles. The van der Waals surface area contributed by atoms with Gasteiger partial charge in [0.25, 0.3) is 0 Å². The lowest BCUT2D eigenvalue weighted by molar-refractivity contribution is -0.144. The minimum atomic E-state index is -1.53. The number of aliphatic carboxylic acids is 4. The minimum absolute atomic E-state index is 0.127. The molecule has 0 saturated heterocycles. The summed E-state index contributed by atoms with van der Waals surface area (Å²) in [4.78, 5) is 106. The number of ketones is 1. The van der Waals surface area contributed by atoms with E-state index in [0.29, 0.717) is 32.2 Å². The lowest BCUT2D eigenvalue weighted by Crippen LogP contribution is -2.45. The standard InChI is InChI=1S/C42H73N5O13/c1-30(48)31(43)20-18-19-29-44-35(49)26-23-32(40(55)56)46-37(51)28-25-34(42(59)60)47-38(52)27-24-33(41(57)58)45-36(50)21-16-14-12-10-8-6-4-2-3-5-7-9-11-13-15-17-22-39(53)54/h31-34H,2-29,43H2,1H3,(H,44,49)(H,45,50)(H,46,51)(H,47,52)(H,53,54)(H,55,56)(H,57,58)(H,59,60)/t31?,32-,33-,34?/m0/s1. The Morgan fingerprint density at radius 1 is 0.400 bits per heavy atom. The van der Waals surface area contributed by atoms with Gasteiger partial charge in [0.1, 0.15) is 23.9 Å². The molecule has 18 heteroatoms. The topological polar surface area (TPSA) is 309 Å². The summed E-state index contributed by atoms with van der Waals surface area (Å²) < 4.78 is 0. The van der Waals surface area contributed by atoms with Gasteiger partial charge in [0.05, 0.1) is 6.04 Å². The smallest absolute Gasteiger partial charge is 0.326 e. The van der Waals surface area contributed by atoms with Crippen molar-refractivity contribution in [1.29, 1.82) is 0 Å². The summed E-state index contributed by atoms with van der Waals surface area (Å²) in [7, 11) is 0. The molecule has 0 aromatic rings. The van der Waals surface area contributed by atoms with E-state index in [-0.39, 0.29) is 37.9 Å². The zero-order chi connectivity index (χ0) is 45.1. The molecule has 18 nitrogen and oxygen atoms in total. The van der Waals surface area contributed by atoms with Gasteiger partial charge in [-0.3, -0.25) is 28.8 Å². The van der Waals surface area contributed by atoms with E-state index in [4.69, 9.17) is 10.8 Å². The number of carbonyl (C=O) groups is 9. The Morgan fingerprint density at radius 2 is 0.717 bits per heavy atom. The van der Waals surface area contributed by atoms with Gasteiger partial charge in [0, 0.05) is 38.6 Å². The van der Waals surface area contributed by atoms with E-state index >= 15 is 0 Å². The zero-order valence-corrected chi connectivity index (χ0v) is 35.6. The van der Waals surface area contributed by atoms with Gasteiger partial charge < -0.3 is 47.4 Å². The number of hydrogen-bond acceptors (Lipinski definition) is 10. The first-order valence-corrected chi connectivity index (χ1v) is 21.8. The van der Waals surface area contributed by atoms with Crippen LogP contribution in [0, 0.1) is 0 Å². The van der Waals surface area contributed by atoms with E-state index in [2.05, 4.69) is 21.3 Å². The average molecular weight is 856 g/mol. The highest BCUT2D eigenvalue weighted by Gasteiger charge is 2.26. The molecule has 0 spiro atoms. The Morgan fingerprint density at radius 3 is 1.05 bits per heavy atom. The second-order valence-corrected chi connectivity index (χ2v) is 15.6. The van der Waals surface area contributed by atoms with Gasteiger partial charge in [-0.25, -0.2) is 14.4 Å². The lowest BCUT2D eigenvalue weighted by Gasteiger charge is -2.18. The van der Waals surface area contributed by atoms with Crippen LogP contribution in [0.5, 0.6) is 0 Å². The van der Waals surface area contributed by atoms with Crippen LogP contribution >= 0.6 is 0 Å². The molecule has 0 radical (unpaired) electrons. The number of carboxylic acids is 4. The maximum absolute atomic E-state index is 12.5. The summed E-state index contributed by atoms with van der Waals surface area (Å²) >= 11 is 0. The van der Waals surface area contributed by atoms with Crippen molar-refractivity contribution < 1.29 is 63.6 Å². The summed E-state index contributed by atoms with van der Waals surface area (Å²) in [5.74, 6) is -7.57. The molecular formula is C42H73N5O13. The van der Waals surface area contributed by atoms with E-state index in [1.807, 2.05) is 0 Å². The average Bonchev–Trinajstić information content (AvgIpc) is 3.18. The third-order valence-electron chi connectivity index (χ3n) is 10.2. The van der Waals surface area contributed by atoms with Crippen molar-refractivity contribution in [2.45, 2.75) is 204 Å². The molecular weight excluding hydrogens is 782 g/mol. The molecule has 0 aromatic heterocycles. The molecule has 0 aromatic carbocycles. The van der Waals surface area contributed by atoms with Gasteiger partial charge in [0.15, 0.2) is 0 Å². The molecule has 344 valence electrons. The van der Waals surface area contributed by atoms with Gasteiger partial charge in [-0.05, 0) is 58.3 Å². The number of hydrogen-bond donors (Lipinski definition) is 9. The second kappa shape index (κ2) is 35.2. The van der Waals surface area contributed by atoms with Crippen molar-refractivity contribution in [3.8, 4) is 0 Å². The van der Waals surface area contributed by atoms with Crippen LogP contribution < -0.4 is 27.0 Å². The Labute approximate surface area is 354 Å². The van der Waals surface area contributed by atoms with Crippen LogP contribution in [0.3, 0.4) is 0 Å². The maximum atomic E-state index is 12.5. The third-order valence-corrected chi connectivity index (χ3v) is 10.2. The van der Waals surface area contributed by atoms with Crippen molar-refractivity contribution in [2.24, 2.45) is 5.73 Å². The highest BCUT2D eigenvalue weighted by Crippen LogP contribution is 2.15. The number of carboxylic acid groups (broad SMARTS) is 4. The molecule has 2 unspecified atom stereocenters. The van der Waals surface area contributed by atoms with Gasteiger partial charge in [-0.2, -0.15) is 0 Å². The van der Waals surface area contributed by atoms with Crippen molar-refractivity contribution in [2.75, 3.05) is 6.54 Å². The Hall–Kier alpha value is -4.61. The summed E-state index contributed by atoms with van der Waals surface area (Å²) in [5.41, 5.74) is 5.66. The zero-order valence-electron chi connectivity index (χ0n) is 35.6. The highest BCUT2D eigenvalue weighted by atomic mass is 16.4. The Bertz CT molecular complexity index is 1330. The number of nitrogens with one attached hydrogen (secondary N) is 4. The van der Waals surface area contributed by atoms with Crippen LogP contribution in [-0.2, 0) is 43.2 Å². The molecule has 0 aliphatic carbocycles. The predicted octanol–water partition coefficient (Wildman–Crippen LogP) is 4.34. The Balaban J connectivity index is 4.29. The second-order valence-electron chi connectivity index (χ2n) is 15.6. The molecule has 0 saturated carbocycles. The lowest BCUT2D eigenvalue weighted by atomic mass is 10.0. The minimum Gasteiger partial charge on any atom is -0.481 e. The summed E-state index contributed by atoms with van der Waals surface area (Å²) in [6.07, 6.45) is 17.1. The fraction of sp³-hybridized carbons (Fsp3) is 0.786. The van der Waals surface area contributed by atoms with Crippen LogP contribution in [0.15, 0.2) is 0 Å². The fourth-order valence-corrected chi connectivity index (χ4v) is 6.44. The normalized spacial score (nSPS) is 13.0. The van der Waals surface area contributed by atoms with Crippen LogP contribution in [0.1, 0.15) is 180 Å². The fourth-order valence-electron chi connectivity index (χ4n) is 6.44. The van der Waals surface area contributed by atoms with Crippen LogP contribution in [0.2, 0.25) is 0 Å². The van der Waals surface area contributed by atoms with Crippen LogP contribution in [-0.4, -0.2) is 104 Å². The van der Waals surface area contributed by atoms with E-state index < -0.39 is 90.9 Å². The van der Waals surface area contributed by atoms with Crippen LogP contribution in [0.4, 0.5) is 0 Å². The van der Waals surface area contributed by atoms with Crippen molar-refractivity contribution in [1.82, 2.24) is 21.3 Å². The number of amides is 4. The number of Topliss-reactive ketones (excluding diaryl/α,β-unsaturated/α-hetero) is 1. The van der Waals surface area contributed by atoms with Crippen molar-refractivity contribution >= 4 is 53.3 Å². The maximum Gasteiger partial charge on any atom is 0.326 e. The Kier molecular flexibility index (Phi) is 32.5. The largest absolute Gasteiger partial charge is 0.481 e. The van der Waals surface area contributed by atoms with Crippen LogP contribution in [0.25, 0.3) is 0 Å². The van der Waals surface area contributed by atoms with Crippen molar-refractivity contribution in [3.63, 3.8) is 0 Å². The number of carbonyl (C=O) groups excluding carboxylic acids is 5. The molecule has 0 rings (SSSR count). The summed E-state index contributed by atoms with van der Waals surface area (Å²) in [6, 6.07) is -4.88. The molecule has 0 heterocycles. The monoisotopic (exact) mass is 856 g/mol. The first-order valence-electron chi connectivity index (χ1n) is 21.8. The molecule has 0 fully saturated rings. The van der Waals surface area contributed by atoms with E-state index in [1.165, 1.54) is 58.3 Å². The molecule has 60 heavy (non-hydrogen) atoms. The number of rotatable bonds is 40. The third kappa shape index (κ3) is 32.3. The van der Waals surface area contributed by atoms with Crippen molar-refractivity contribution in [3.05, 3.63) is 0 Å². The summed E-state index contributed by atoms with van der Waals surface area (Å²) in [6.45, 7) is 1.70. The van der Waals surface area contributed by atoms with Gasteiger partial charge in [-0.1, -0.05) is 89.9 Å². The number of nitrogens with two attached hydrogens (primary N) is 1. The first-order chi connectivity index (χ1) is 28.5. The number of unbranched alkanes of at least 4 members (excludes halogenated alkanes) is 16. The quantitative estimate of drug-likeness (QED) is 0.0388. The molecule has 4 atom stereocenters. The summed E-state index contributed by atoms with van der Waals surface area (Å²) in [5, 5.41) is 46.8. The van der Waals surface area contributed by atoms with E-state index in [9.17, 15) is 58.5 Å². The molecule has 10 N–H and O–H groups in total.